The summed E-state index contributed by atoms with van der Waals surface area (Å²) in [6, 6.07) is 0. The van der Waals surface area contributed by atoms with Gasteiger partial charge in [0, 0.05) is 5.69 Å². The topological polar surface area (TPSA) is 28.7 Å². The molecule has 0 atom stereocenters. The third kappa shape index (κ3) is 1.52. The molecule has 1 rings (SSSR count). The number of hydrogen-bond donors (Lipinski definition) is 1. The highest BCUT2D eigenvalue weighted by Crippen LogP contribution is 2.26. The maximum atomic E-state index is 4.23. The zero-order valence-electron chi connectivity index (χ0n) is 8.60. The van der Waals surface area contributed by atoms with E-state index in [1.54, 1.807) is 0 Å². The highest BCUT2D eigenvalue weighted by atomic mass is 15.1. The van der Waals surface area contributed by atoms with Crippen LogP contribution in [0, 0.1) is 6.92 Å². The Balaban J connectivity index is 3.12. The van der Waals surface area contributed by atoms with Gasteiger partial charge < -0.3 is 0 Å². The van der Waals surface area contributed by atoms with Gasteiger partial charge in [0.2, 0.25) is 0 Å². The molecular weight excluding hydrogens is 148 g/mol. The van der Waals surface area contributed by atoms with E-state index in [1.807, 2.05) is 0 Å². The highest BCUT2D eigenvalue weighted by molar-refractivity contribution is 5.29. The Labute approximate surface area is 74.4 Å². The molecule has 68 valence electrons. The molecule has 0 aliphatic rings. The standard InChI is InChI=1S/C10H18N2/c1-6(2)9-8(5)11-12-10(9)7(3)4/h6-7H,1-5H3,(H,11,12). The molecule has 2 heteroatoms. The quantitative estimate of drug-likeness (QED) is 0.719. The lowest BCUT2D eigenvalue weighted by Crippen LogP contribution is -1.97. The van der Waals surface area contributed by atoms with Crippen molar-refractivity contribution in [1.82, 2.24) is 10.2 Å². The largest absolute Gasteiger partial charge is 0.282 e. The first kappa shape index (κ1) is 9.30. The molecule has 1 heterocycles. The number of nitrogens with zero attached hydrogens (tertiary/aromatic N) is 1. The molecule has 1 aromatic heterocycles. The van der Waals surface area contributed by atoms with Gasteiger partial charge in [-0.15, -0.1) is 0 Å². The van der Waals surface area contributed by atoms with E-state index in [0.717, 1.165) is 5.69 Å². The van der Waals surface area contributed by atoms with Gasteiger partial charge in [-0.25, -0.2) is 0 Å². The van der Waals surface area contributed by atoms with Crippen molar-refractivity contribution < 1.29 is 0 Å². The Morgan fingerprint density at radius 1 is 1.08 bits per heavy atom. The average Bonchev–Trinajstić information content (AvgIpc) is 2.30. The number of hydrogen-bond acceptors (Lipinski definition) is 1. The first-order valence-electron chi connectivity index (χ1n) is 4.58. The van der Waals surface area contributed by atoms with Gasteiger partial charge in [-0.1, -0.05) is 27.7 Å². The van der Waals surface area contributed by atoms with Crippen molar-refractivity contribution in [2.45, 2.75) is 46.5 Å². The third-order valence-corrected chi connectivity index (χ3v) is 2.18. The highest BCUT2D eigenvalue weighted by Gasteiger charge is 2.14. The molecule has 0 amide bonds. The van der Waals surface area contributed by atoms with Crippen molar-refractivity contribution in [2.24, 2.45) is 0 Å². The van der Waals surface area contributed by atoms with E-state index in [4.69, 9.17) is 0 Å². The minimum Gasteiger partial charge on any atom is -0.282 e. The molecule has 0 spiro atoms. The van der Waals surface area contributed by atoms with Gasteiger partial charge in [0.05, 0.1) is 5.69 Å². The van der Waals surface area contributed by atoms with E-state index in [2.05, 4.69) is 44.8 Å². The van der Waals surface area contributed by atoms with Crippen LogP contribution in [0.4, 0.5) is 0 Å². The van der Waals surface area contributed by atoms with Crippen molar-refractivity contribution in [2.75, 3.05) is 0 Å². The second kappa shape index (κ2) is 3.30. The van der Waals surface area contributed by atoms with Crippen LogP contribution in [-0.4, -0.2) is 10.2 Å². The molecule has 0 bridgehead atoms. The minimum atomic E-state index is 0.545. The van der Waals surface area contributed by atoms with E-state index < -0.39 is 0 Å². The van der Waals surface area contributed by atoms with Crippen molar-refractivity contribution in [1.29, 1.82) is 0 Å². The summed E-state index contributed by atoms with van der Waals surface area (Å²) >= 11 is 0. The van der Waals surface area contributed by atoms with Gasteiger partial charge >= 0.3 is 0 Å². The third-order valence-electron chi connectivity index (χ3n) is 2.18. The zero-order chi connectivity index (χ0) is 9.30. The molecule has 1 aromatic rings. The van der Waals surface area contributed by atoms with Crippen LogP contribution in [0.15, 0.2) is 0 Å². The summed E-state index contributed by atoms with van der Waals surface area (Å²) in [7, 11) is 0. The number of aromatic amines is 1. The number of rotatable bonds is 2. The molecule has 0 radical (unpaired) electrons. The maximum Gasteiger partial charge on any atom is 0.0628 e. The molecule has 0 saturated heterocycles. The van der Waals surface area contributed by atoms with Gasteiger partial charge in [-0.2, -0.15) is 5.10 Å². The van der Waals surface area contributed by atoms with E-state index >= 15 is 0 Å². The molecule has 0 aliphatic carbocycles. The molecular formula is C10H18N2. The van der Waals surface area contributed by atoms with E-state index in [-0.39, 0.29) is 0 Å². The summed E-state index contributed by atoms with van der Waals surface area (Å²) in [5.74, 6) is 1.12. The fourth-order valence-corrected chi connectivity index (χ4v) is 1.63. The first-order chi connectivity index (χ1) is 5.54. The summed E-state index contributed by atoms with van der Waals surface area (Å²) in [5.41, 5.74) is 3.83. The van der Waals surface area contributed by atoms with Gasteiger partial charge in [-0.3, -0.25) is 5.10 Å². The van der Waals surface area contributed by atoms with Crippen LogP contribution in [0.2, 0.25) is 0 Å². The lowest BCUT2D eigenvalue weighted by Gasteiger charge is -2.09. The Bertz CT molecular complexity index is 259. The fraction of sp³-hybridized carbons (Fsp3) is 0.700. The molecule has 12 heavy (non-hydrogen) atoms. The summed E-state index contributed by atoms with van der Waals surface area (Å²) < 4.78 is 0. The summed E-state index contributed by atoms with van der Waals surface area (Å²) in [4.78, 5) is 0. The Morgan fingerprint density at radius 2 is 1.67 bits per heavy atom. The summed E-state index contributed by atoms with van der Waals surface area (Å²) in [5, 5.41) is 7.34. The van der Waals surface area contributed by atoms with Crippen molar-refractivity contribution in [3.8, 4) is 0 Å². The number of aryl methyl sites for hydroxylation is 1. The molecule has 0 aromatic carbocycles. The Kier molecular flexibility index (Phi) is 2.55. The smallest absolute Gasteiger partial charge is 0.0628 e. The van der Waals surface area contributed by atoms with Crippen LogP contribution in [0.25, 0.3) is 0 Å². The lowest BCUT2D eigenvalue weighted by atomic mass is 9.96. The Hall–Kier alpha value is -0.790. The van der Waals surface area contributed by atoms with Gasteiger partial charge in [0.15, 0.2) is 0 Å². The number of nitrogens with one attached hydrogen (secondary N) is 1. The number of aromatic nitrogens is 2. The molecule has 2 nitrogen and oxygen atoms in total. The summed E-state index contributed by atoms with van der Waals surface area (Å²) in [6.45, 7) is 10.9. The fourth-order valence-electron chi connectivity index (χ4n) is 1.63. The van der Waals surface area contributed by atoms with Crippen LogP contribution < -0.4 is 0 Å². The van der Waals surface area contributed by atoms with Crippen LogP contribution in [0.3, 0.4) is 0 Å². The normalized spacial score (nSPS) is 11.6. The molecule has 0 fully saturated rings. The van der Waals surface area contributed by atoms with Crippen molar-refractivity contribution >= 4 is 0 Å². The van der Waals surface area contributed by atoms with E-state index in [1.165, 1.54) is 11.3 Å². The van der Waals surface area contributed by atoms with Crippen LogP contribution in [0.5, 0.6) is 0 Å². The molecule has 1 N–H and O–H groups in total. The van der Waals surface area contributed by atoms with Gasteiger partial charge in [-0.05, 0) is 24.3 Å². The van der Waals surface area contributed by atoms with Gasteiger partial charge in [0.25, 0.3) is 0 Å². The van der Waals surface area contributed by atoms with Crippen molar-refractivity contribution in [3.05, 3.63) is 17.0 Å². The maximum absolute atomic E-state index is 4.23. The molecule has 0 aliphatic heterocycles. The van der Waals surface area contributed by atoms with Crippen LogP contribution in [0.1, 0.15) is 56.5 Å². The molecule has 0 unspecified atom stereocenters. The predicted octanol–water partition coefficient (Wildman–Crippen LogP) is 2.96. The average molecular weight is 166 g/mol. The number of H-pyrrole nitrogens is 1. The van der Waals surface area contributed by atoms with E-state index in [0.29, 0.717) is 11.8 Å². The predicted molar refractivity (Wildman–Crippen MR) is 51.5 cm³/mol. The first-order valence-corrected chi connectivity index (χ1v) is 4.58. The van der Waals surface area contributed by atoms with Crippen LogP contribution in [-0.2, 0) is 0 Å². The zero-order valence-corrected chi connectivity index (χ0v) is 8.60. The van der Waals surface area contributed by atoms with Crippen LogP contribution >= 0.6 is 0 Å². The second-order valence-corrected chi connectivity index (χ2v) is 3.95. The monoisotopic (exact) mass is 166 g/mol. The van der Waals surface area contributed by atoms with E-state index in [9.17, 15) is 0 Å². The molecule has 0 saturated carbocycles. The van der Waals surface area contributed by atoms with Crippen molar-refractivity contribution in [3.63, 3.8) is 0 Å². The second-order valence-electron chi connectivity index (χ2n) is 3.95. The Morgan fingerprint density at radius 3 is 2.00 bits per heavy atom. The van der Waals surface area contributed by atoms with Gasteiger partial charge in [0.1, 0.15) is 0 Å². The summed E-state index contributed by atoms with van der Waals surface area (Å²) in [6.07, 6.45) is 0. The SMILES string of the molecule is Cc1n[nH]c(C(C)C)c1C(C)C. The minimum absolute atomic E-state index is 0.545. The lowest BCUT2D eigenvalue weighted by molar-refractivity contribution is 0.766.